The molecule has 0 aliphatic heterocycles. The van der Waals surface area contributed by atoms with Crippen molar-refractivity contribution in [3.63, 3.8) is 0 Å². The lowest BCUT2D eigenvalue weighted by molar-refractivity contribution is -0.122. The molecule has 0 fully saturated rings. The summed E-state index contributed by atoms with van der Waals surface area (Å²) in [6.45, 7) is 1.92. The van der Waals surface area contributed by atoms with E-state index in [1.54, 1.807) is 0 Å². The predicted octanol–water partition coefficient (Wildman–Crippen LogP) is 1.03. The van der Waals surface area contributed by atoms with Gasteiger partial charge in [-0.1, -0.05) is 13.3 Å². The first-order valence-corrected chi connectivity index (χ1v) is 6.35. The molecule has 0 aliphatic rings. The highest BCUT2D eigenvalue weighted by atomic mass is 16.4. The average molecular weight is 278 g/mol. The second kappa shape index (κ2) is 7.28. The summed E-state index contributed by atoms with van der Waals surface area (Å²) in [7, 11) is 1.51. The van der Waals surface area contributed by atoms with Gasteiger partial charge in [0, 0.05) is 12.6 Å². The van der Waals surface area contributed by atoms with E-state index in [9.17, 15) is 14.4 Å². The zero-order chi connectivity index (χ0) is 15.1. The van der Waals surface area contributed by atoms with Gasteiger partial charge in [-0.05, 0) is 30.7 Å². The molecule has 2 amide bonds. The Morgan fingerprint density at radius 2 is 1.70 bits per heavy atom. The predicted molar refractivity (Wildman–Crippen MR) is 73.6 cm³/mol. The number of carbonyl (C=O) groups is 3. The molecular weight excluding hydrogens is 260 g/mol. The van der Waals surface area contributed by atoms with Crippen LogP contribution in [0.5, 0.6) is 0 Å². The van der Waals surface area contributed by atoms with E-state index in [-0.39, 0.29) is 11.5 Å². The van der Waals surface area contributed by atoms with Crippen LogP contribution in [0.2, 0.25) is 0 Å². The van der Waals surface area contributed by atoms with E-state index in [2.05, 4.69) is 10.6 Å². The van der Waals surface area contributed by atoms with Gasteiger partial charge in [-0.25, -0.2) is 4.79 Å². The van der Waals surface area contributed by atoms with Crippen molar-refractivity contribution in [1.82, 2.24) is 10.6 Å². The molecule has 1 aromatic carbocycles. The fourth-order valence-electron chi connectivity index (χ4n) is 1.74. The third kappa shape index (κ3) is 4.08. The Kier molecular flexibility index (Phi) is 5.71. The van der Waals surface area contributed by atoms with Crippen molar-refractivity contribution in [1.29, 1.82) is 0 Å². The van der Waals surface area contributed by atoms with Crippen molar-refractivity contribution in [3.05, 3.63) is 35.4 Å². The van der Waals surface area contributed by atoms with Gasteiger partial charge in [0.2, 0.25) is 5.91 Å². The molecule has 0 aromatic heterocycles. The van der Waals surface area contributed by atoms with Gasteiger partial charge >= 0.3 is 5.97 Å². The largest absolute Gasteiger partial charge is 0.478 e. The van der Waals surface area contributed by atoms with Gasteiger partial charge in [-0.15, -0.1) is 0 Å². The summed E-state index contributed by atoms with van der Waals surface area (Å²) in [6, 6.07) is 4.96. The highest BCUT2D eigenvalue weighted by Gasteiger charge is 2.19. The summed E-state index contributed by atoms with van der Waals surface area (Å²) in [5, 5.41) is 13.9. The molecular formula is C14H18N2O4. The number of hydrogen-bond acceptors (Lipinski definition) is 3. The molecule has 0 saturated carbocycles. The lowest BCUT2D eigenvalue weighted by atomic mass is 10.1. The highest BCUT2D eigenvalue weighted by Crippen LogP contribution is 2.06. The van der Waals surface area contributed by atoms with E-state index in [4.69, 9.17) is 5.11 Å². The van der Waals surface area contributed by atoms with E-state index in [1.807, 2.05) is 6.92 Å². The van der Waals surface area contributed by atoms with E-state index >= 15 is 0 Å². The number of carboxylic acid groups (broad SMARTS) is 1. The molecule has 3 N–H and O–H groups in total. The van der Waals surface area contributed by atoms with Crippen LogP contribution in [-0.2, 0) is 4.79 Å². The summed E-state index contributed by atoms with van der Waals surface area (Å²) >= 11 is 0. The lowest BCUT2D eigenvalue weighted by Gasteiger charge is -2.16. The van der Waals surface area contributed by atoms with Gasteiger partial charge in [-0.2, -0.15) is 0 Å². The van der Waals surface area contributed by atoms with Crippen LogP contribution in [0.25, 0.3) is 0 Å². The highest BCUT2D eigenvalue weighted by molar-refractivity contribution is 5.98. The van der Waals surface area contributed by atoms with Crippen LogP contribution in [0.15, 0.2) is 24.3 Å². The number of amides is 2. The van der Waals surface area contributed by atoms with Crippen LogP contribution in [0.3, 0.4) is 0 Å². The summed E-state index contributed by atoms with van der Waals surface area (Å²) < 4.78 is 0. The zero-order valence-electron chi connectivity index (χ0n) is 11.5. The fraction of sp³-hybridized carbons (Fsp3) is 0.357. The molecule has 0 spiro atoms. The molecule has 1 aromatic rings. The number of aromatic carboxylic acids is 1. The number of carbonyl (C=O) groups excluding carboxylic acids is 2. The Bertz CT molecular complexity index is 496. The first-order chi connectivity index (χ1) is 9.49. The van der Waals surface area contributed by atoms with E-state index in [1.165, 1.54) is 31.3 Å². The van der Waals surface area contributed by atoms with Crippen LogP contribution in [0, 0.1) is 0 Å². The van der Waals surface area contributed by atoms with Crippen LogP contribution < -0.4 is 10.6 Å². The number of hydrogen-bond donors (Lipinski definition) is 3. The van der Waals surface area contributed by atoms with Crippen LogP contribution in [-0.4, -0.2) is 36.0 Å². The van der Waals surface area contributed by atoms with Gasteiger partial charge in [-0.3, -0.25) is 9.59 Å². The standard InChI is InChI=1S/C14H18N2O4/c1-3-4-11(13(18)15-2)16-12(17)9-5-7-10(8-6-9)14(19)20/h5-8,11H,3-4H2,1-2H3,(H,15,18)(H,16,17)(H,19,20)/t11-/m1/s1. The Morgan fingerprint density at radius 3 is 2.15 bits per heavy atom. The van der Waals surface area contributed by atoms with Crippen LogP contribution in [0.4, 0.5) is 0 Å². The quantitative estimate of drug-likeness (QED) is 0.724. The molecule has 20 heavy (non-hydrogen) atoms. The second-order valence-electron chi connectivity index (χ2n) is 4.31. The Hall–Kier alpha value is -2.37. The van der Waals surface area contributed by atoms with Crippen molar-refractivity contribution < 1.29 is 19.5 Å². The zero-order valence-corrected chi connectivity index (χ0v) is 11.5. The smallest absolute Gasteiger partial charge is 0.335 e. The maximum Gasteiger partial charge on any atom is 0.335 e. The third-order valence-corrected chi connectivity index (χ3v) is 2.84. The monoisotopic (exact) mass is 278 g/mol. The van der Waals surface area contributed by atoms with Crippen LogP contribution >= 0.6 is 0 Å². The average Bonchev–Trinajstić information content (AvgIpc) is 2.45. The molecule has 0 bridgehead atoms. The molecule has 0 aliphatic carbocycles. The number of benzene rings is 1. The number of rotatable bonds is 6. The topological polar surface area (TPSA) is 95.5 Å². The van der Waals surface area contributed by atoms with E-state index in [0.717, 1.165) is 6.42 Å². The SMILES string of the molecule is CCC[C@@H](NC(=O)c1ccc(C(=O)O)cc1)C(=O)NC. The van der Waals surface area contributed by atoms with Gasteiger partial charge in [0.05, 0.1) is 5.56 Å². The van der Waals surface area contributed by atoms with Crippen molar-refractivity contribution in [2.45, 2.75) is 25.8 Å². The molecule has 0 saturated heterocycles. The molecule has 1 rings (SSSR count). The normalized spacial score (nSPS) is 11.5. The Morgan fingerprint density at radius 1 is 1.15 bits per heavy atom. The minimum Gasteiger partial charge on any atom is -0.478 e. The van der Waals surface area contributed by atoms with Crippen molar-refractivity contribution >= 4 is 17.8 Å². The second-order valence-corrected chi connectivity index (χ2v) is 4.31. The van der Waals surface area contributed by atoms with Gasteiger partial charge in [0.1, 0.15) is 6.04 Å². The fourth-order valence-corrected chi connectivity index (χ4v) is 1.74. The van der Waals surface area contributed by atoms with Gasteiger partial charge in [0.15, 0.2) is 0 Å². The lowest BCUT2D eigenvalue weighted by Crippen LogP contribution is -2.45. The molecule has 0 radical (unpaired) electrons. The Balaban J connectivity index is 2.78. The summed E-state index contributed by atoms with van der Waals surface area (Å²) in [5.41, 5.74) is 0.429. The maximum atomic E-state index is 12.0. The number of likely N-dealkylation sites (N-methyl/N-ethyl adjacent to an activating group) is 1. The van der Waals surface area contributed by atoms with Gasteiger partial charge in [0.25, 0.3) is 5.91 Å². The summed E-state index contributed by atoms with van der Waals surface area (Å²) in [5.74, 6) is -1.70. The van der Waals surface area contributed by atoms with Crippen molar-refractivity contribution in [3.8, 4) is 0 Å². The first-order valence-electron chi connectivity index (χ1n) is 6.35. The van der Waals surface area contributed by atoms with E-state index < -0.39 is 17.9 Å². The summed E-state index contributed by atoms with van der Waals surface area (Å²) in [4.78, 5) is 34.3. The van der Waals surface area contributed by atoms with Crippen molar-refractivity contribution in [2.24, 2.45) is 0 Å². The molecule has 6 heteroatoms. The molecule has 0 heterocycles. The molecule has 0 unspecified atom stereocenters. The van der Waals surface area contributed by atoms with E-state index in [0.29, 0.717) is 12.0 Å². The molecule has 1 atom stereocenters. The number of nitrogens with one attached hydrogen (secondary N) is 2. The third-order valence-electron chi connectivity index (χ3n) is 2.84. The summed E-state index contributed by atoms with van der Waals surface area (Å²) in [6.07, 6.45) is 1.30. The molecule has 6 nitrogen and oxygen atoms in total. The van der Waals surface area contributed by atoms with Crippen LogP contribution in [0.1, 0.15) is 40.5 Å². The van der Waals surface area contributed by atoms with Crippen molar-refractivity contribution in [2.75, 3.05) is 7.05 Å². The molecule has 108 valence electrons. The first kappa shape index (κ1) is 15.7. The minimum absolute atomic E-state index is 0.109. The number of carboxylic acids is 1. The minimum atomic E-state index is -1.05. The van der Waals surface area contributed by atoms with Gasteiger partial charge < -0.3 is 15.7 Å². The Labute approximate surface area is 117 Å². The maximum absolute atomic E-state index is 12.0.